The van der Waals surface area contributed by atoms with Crippen molar-refractivity contribution < 1.29 is 13.9 Å². The number of methoxy groups -OCH3 is 1. The number of nitrogens with zero attached hydrogens (tertiary/aromatic N) is 1. The fraction of sp³-hybridized carbons (Fsp3) is 0.368. The Morgan fingerprint density at radius 1 is 1.42 bits per heavy atom. The second kappa shape index (κ2) is 5.93. The minimum Gasteiger partial charge on any atom is -0.398 e. The van der Waals surface area contributed by atoms with Crippen LogP contribution in [0.3, 0.4) is 0 Å². The minimum absolute atomic E-state index is 0.115. The number of hydrogen-bond acceptors (Lipinski definition) is 5. The zero-order valence-electron chi connectivity index (χ0n) is 14.5. The summed E-state index contributed by atoms with van der Waals surface area (Å²) in [5, 5.41) is 3.76. The number of anilines is 2. The van der Waals surface area contributed by atoms with E-state index in [0.717, 1.165) is 30.8 Å². The zero-order valence-corrected chi connectivity index (χ0v) is 15.3. The first kappa shape index (κ1) is 17.2. The summed E-state index contributed by atoms with van der Waals surface area (Å²) < 4.78 is 20.4. The fourth-order valence-electron chi connectivity index (χ4n) is 4.12. The Morgan fingerprint density at radius 2 is 2.15 bits per heavy atom. The van der Waals surface area contributed by atoms with Crippen LogP contribution in [0.25, 0.3) is 11.1 Å². The number of rotatable bonds is 3. The molecule has 1 spiro atoms. The number of nitrogens with one attached hydrogen (secondary N) is 1. The van der Waals surface area contributed by atoms with Crippen LogP contribution >= 0.6 is 11.6 Å². The number of halogens is 2. The minimum atomic E-state index is -0.662. The molecule has 1 fully saturated rings. The Kier molecular flexibility index (Phi) is 3.93. The monoisotopic (exact) mass is 375 g/mol. The van der Waals surface area contributed by atoms with Crippen LogP contribution < -0.4 is 11.1 Å². The maximum absolute atomic E-state index is 15.0. The van der Waals surface area contributed by atoms with Crippen molar-refractivity contribution in [2.45, 2.75) is 31.3 Å². The maximum Gasteiger partial charge on any atom is 0.164 e. The van der Waals surface area contributed by atoms with E-state index in [9.17, 15) is 9.18 Å². The first-order chi connectivity index (χ1) is 12.4. The summed E-state index contributed by atoms with van der Waals surface area (Å²) in [7, 11) is 1.70. The van der Waals surface area contributed by atoms with Crippen molar-refractivity contribution in [3.05, 3.63) is 40.3 Å². The summed E-state index contributed by atoms with van der Waals surface area (Å²) in [5.41, 5.74) is 7.24. The number of benzene rings is 1. The molecule has 26 heavy (non-hydrogen) atoms. The average Bonchev–Trinajstić information content (AvgIpc) is 2.95. The molecule has 3 N–H and O–H groups in total. The van der Waals surface area contributed by atoms with Gasteiger partial charge in [0.05, 0.1) is 16.7 Å². The van der Waals surface area contributed by atoms with Gasteiger partial charge in [0.15, 0.2) is 5.78 Å². The van der Waals surface area contributed by atoms with Crippen molar-refractivity contribution in [1.82, 2.24) is 4.98 Å². The Hall–Kier alpha value is -2.18. The van der Waals surface area contributed by atoms with E-state index in [1.807, 2.05) is 0 Å². The lowest BCUT2D eigenvalue weighted by Crippen LogP contribution is -2.47. The molecule has 5 nitrogen and oxygen atoms in total. The standard InChI is InChI=1S/C19H19ClFN3O2/c1-9(25)14-13(22)4-3-11(17(14)21)12-7-23-18-15(16(12)20)19(8-24-18)5-10(6-19)26-2/h3-4,7,10H,5-6,8,22H2,1-2H3,(H,23,24). The van der Waals surface area contributed by atoms with Gasteiger partial charge in [0, 0.05) is 47.6 Å². The van der Waals surface area contributed by atoms with E-state index in [1.165, 1.54) is 19.2 Å². The number of ether oxygens (including phenoxy) is 1. The predicted octanol–water partition coefficient (Wildman–Crippen LogP) is 3.80. The maximum atomic E-state index is 15.0. The third-order valence-electron chi connectivity index (χ3n) is 5.53. The predicted molar refractivity (Wildman–Crippen MR) is 99.3 cm³/mol. The van der Waals surface area contributed by atoms with Crippen molar-refractivity contribution in [2.75, 3.05) is 24.7 Å². The molecule has 0 bridgehead atoms. The van der Waals surface area contributed by atoms with Crippen LogP contribution in [0.4, 0.5) is 15.9 Å². The Bertz CT molecular complexity index is 925. The SMILES string of the molecule is COC1CC2(CNc3ncc(-c4ccc(N)c(C(C)=O)c4F)c(Cl)c32)C1. The lowest BCUT2D eigenvalue weighted by Gasteiger charge is -2.44. The number of pyridine rings is 1. The Labute approximate surface area is 155 Å². The summed E-state index contributed by atoms with van der Waals surface area (Å²) in [6.07, 6.45) is 3.42. The number of ketones is 1. The number of Topliss-reactive ketones (excluding diaryl/α,β-unsaturated/α-hetero) is 1. The molecule has 4 rings (SSSR count). The van der Waals surface area contributed by atoms with Gasteiger partial charge in [-0.2, -0.15) is 0 Å². The van der Waals surface area contributed by atoms with Crippen molar-refractivity contribution in [3.8, 4) is 11.1 Å². The van der Waals surface area contributed by atoms with Gasteiger partial charge in [0.2, 0.25) is 0 Å². The molecule has 1 aliphatic carbocycles. The highest BCUT2D eigenvalue weighted by atomic mass is 35.5. The third-order valence-corrected chi connectivity index (χ3v) is 5.92. The highest BCUT2D eigenvalue weighted by Crippen LogP contribution is 2.54. The lowest BCUT2D eigenvalue weighted by atomic mass is 9.64. The van der Waals surface area contributed by atoms with Crippen LogP contribution in [0.1, 0.15) is 35.7 Å². The van der Waals surface area contributed by atoms with Gasteiger partial charge in [-0.1, -0.05) is 11.6 Å². The molecule has 7 heteroatoms. The number of carbonyl (C=O) groups excluding carboxylic acids is 1. The normalized spacial score (nSPS) is 23.5. The molecule has 0 radical (unpaired) electrons. The van der Waals surface area contributed by atoms with E-state index in [0.29, 0.717) is 10.6 Å². The summed E-state index contributed by atoms with van der Waals surface area (Å²) in [4.78, 5) is 16.2. The van der Waals surface area contributed by atoms with Crippen LogP contribution in [0.15, 0.2) is 18.3 Å². The van der Waals surface area contributed by atoms with Crippen molar-refractivity contribution >= 4 is 28.9 Å². The van der Waals surface area contributed by atoms with Gasteiger partial charge in [-0.05, 0) is 31.9 Å². The summed E-state index contributed by atoms with van der Waals surface area (Å²) in [6, 6.07) is 3.07. The Balaban J connectivity index is 1.85. The smallest absolute Gasteiger partial charge is 0.164 e. The van der Waals surface area contributed by atoms with Crippen LogP contribution in [-0.2, 0) is 10.2 Å². The summed E-state index contributed by atoms with van der Waals surface area (Å²) in [6.45, 7) is 2.03. The highest BCUT2D eigenvalue weighted by Gasteiger charge is 2.51. The van der Waals surface area contributed by atoms with Gasteiger partial charge in [0.1, 0.15) is 11.6 Å². The first-order valence-corrected chi connectivity index (χ1v) is 8.80. The molecule has 1 aromatic heterocycles. The van der Waals surface area contributed by atoms with Crippen LogP contribution in [0.2, 0.25) is 5.02 Å². The Morgan fingerprint density at radius 3 is 2.81 bits per heavy atom. The van der Waals surface area contributed by atoms with E-state index in [2.05, 4.69) is 10.3 Å². The second-order valence-electron chi connectivity index (χ2n) is 7.06. The molecule has 2 aliphatic rings. The van der Waals surface area contributed by atoms with E-state index in [4.69, 9.17) is 22.1 Å². The van der Waals surface area contributed by atoms with Crippen molar-refractivity contribution in [3.63, 3.8) is 0 Å². The number of nitrogens with two attached hydrogens (primary N) is 1. The van der Waals surface area contributed by atoms with Gasteiger partial charge in [-0.15, -0.1) is 0 Å². The molecule has 0 amide bonds. The third kappa shape index (κ3) is 2.32. The van der Waals surface area contributed by atoms with E-state index >= 15 is 0 Å². The highest BCUT2D eigenvalue weighted by molar-refractivity contribution is 6.34. The summed E-state index contributed by atoms with van der Waals surface area (Å²) >= 11 is 6.72. The molecule has 136 valence electrons. The topological polar surface area (TPSA) is 77.2 Å². The molecule has 2 aromatic rings. The van der Waals surface area contributed by atoms with Gasteiger partial charge < -0.3 is 15.8 Å². The molecule has 2 heterocycles. The van der Waals surface area contributed by atoms with Gasteiger partial charge in [0.25, 0.3) is 0 Å². The van der Waals surface area contributed by atoms with Crippen molar-refractivity contribution in [1.29, 1.82) is 0 Å². The second-order valence-corrected chi connectivity index (χ2v) is 7.43. The number of carbonyl (C=O) groups is 1. The van der Waals surface area contributed by atoms with Gasteiger partial charge in [-0.3, -0.25) is 4.79 Å². The van der Waals surface area contributed by atoms with Gasteiger partial charge >= 0.3 is 0 Å². The van der Waals surface area contributed by atoms with Crippen LogP contribution in [0, 0.1) is 5.82 Å². The number of aromatic nitrogens is 1. The molecular formula is C19H19ClFN3O2. The molecular weight excluding hydrogens is 357 g/mol. The van der Waals surface area contributed by atoms with E-state index in [1.54, 1.807) is 13.2 Å². The average molecular weight is 376 g/mol. The van der Waals surface area contributed by atoms with Crippen LogP contribution in [0.5, 0.6) is 0 Å². The number of fused-ring (bicyclic) bond motifs is 2. The molecule has 1 saturated carbocycles. The van der Waals surface area contributed by atoms with E-state index < -0.39 is 11.6 Å². The molecule has 1 aliphatic heterocycles. The lowest BCUT2D eigenvalue weighted by molar-refractivity contribution is -0.0108. The zero-order chi connectivity index (χ0) is 18.6. The van der Waals surface area contributed by atoms with Crippen LogP contribution in [-0.4, -0.2) is 30.5 Å². The first-order valence-electron chi connectivity index (χ1n) is 8.43. The summed E-state index contributed by atoms with van der Waals surface area (Å²) in [5.74, 6) is -0.354. The van der Waals surface area contributed by atoms with E-state index in [-0.39, 0.29) is 28.3 Å². The number of hydrogen-bond donors (Lipinski definition) is 2. The largest absolute Gasteiger partial charge is 0.398 e. The molecule has 0 atom stereocenters. The fourth-order valence-corrected chi connectivity index (χ4v) is 4.56. The number of nitrogen functional groups attached to an aromatic ring is 1. The molecule has 0 saturated heterocycles. The quantitative estimate of drug-likeness (QED) is 0.630. The van der Waals surface area contributed by atoms with Crippen molar-refractivity contribution in [2.24, 2.45) is 0 Å². The van der Waals surface area contributed by atoms with Gasteiger partial charge in [-0.25, -0.2) is 9.37 Å². The molecule has 0 unspecified atom stereocenters. The molecule has 1 aromatic carbocycles.